The van der Waals surface area contributed by atoms with E-state index in [1.54, 1.807) is 12.3 Å². The summed E-state index contributed by atoms with van der Waals surface area (Å²) in [7, 11) is 0. The molecule has 3 rings (SSSR count). The molecule has 9 heteroatoms. The van der Waals surface area contributed by atoms with E-state index in [9.17, 15) is 4.79 Å². The molecule has 0 aliphatic carbocycles. The van der Waals surface area contributed by atoms with Gasteiger partial charge in [0.05, 0.1) is 11.8 Å². The first kappa shape index (κ1) is 18.2. The van der Waals surface area contributed by atoms with E-state index in [-0.39, 0.29) is 18.3 Å². The molecule has 1 atom stereocenters. The van der Waals surface area contributed by atoms with Crippen molar-refractivity contribution in [3.8, 4) is 0 Å². The molecule has 0 aromatic carbocycles. The molecule has 1 amide bonds. The summed E-state index contributed by atoms with van der Waals surface area (Å²) in [5.74, 6) is 1.42. The number of piperidine rings is 1. The molecule has 1 unspecified atom stereocenters. The number of nitrogens with zero attached hydrogens (tertiary/aromatic N) is 3. The maximum absolute atomic E-state index is 11.9. The Balaban J connectivity index is 0.000000701. The lowest BCUT2D eigenvalue weighted by atomic mass is 9.98. The summed E-state index contributed by atoms with van der Waals surface area (Å²) in [6.07, 6.45) is 6.77. The van der Waals surface area contributed by atoms with Gasteiger partial charge in [0, 0.05) is 25.8 Å². The van der Waals surface area contributed by atoms with E-state index < -0.39 is 0 Å². The minimum Gasteiger partial charge on any atom is -0.483 e. The Morgan fingerprint density at radius 1 is 1.52 bits per heavy atom. The van der Waals surface area contributed by atoms with E-state index >= 15 is 0 Å². The van der Waals surface area contributed by atoms with Gasteiger partial charge in [-0.05, 0) is 30.9 Å². The van der Waals surface area contributed by atoms with Crippen molar-refractivity contribution in [3.63, 3.8) is 0 Å². The van der Waals surface area contributed by atoms with Crippen molar-refractivity contribution in [3.05, 3.63) is 36.4 Å². The fourth-order valence-corrected chi connectivity index (χ4v) is 2.71. The van der Waals surface area contributed by atoms with Crippen LogP contribution in [0.5, 0.6) is 0 Å². The second-order valence-electron chi connectivity index (χ2n) is 5.55. The van der Waals surface area contributed by atoms with Gasteiger partial charge in [-0.25, -0.2) is 4.98 Å². The van der Waals surface area contributed by atoms with Crippen LogP contribution in [0.15, 0.2) is 35.3 Å². The van der Waals surface area contributed by atoms with Crippen molar-refractivity contribution < 1.29 is 19.1 Å². The molecule has 2 aromatic heterocycles. The number of nitrogens with two attached hydrogens (primary N) is 1. The summed E-state index contributed by atoms with van der Waals surface area (Å²) in [6, 6.07) is 3.52. The van der Waals surface area contributed by atoms with Crippen LogP contribution in [0.25, 0.3) is 0 Å². The zero-order valence-electron chi connectivity index (χ0n) is 13.7. The lowest BCUT2D eigenvalue weighted by molar-refractivity contribution is -0.122. The third kappa shape index (κ3) is 5.48. The number of hydrogen-bond acceptors (Lipinski definition) is 7. The van der Waals surface area contributed by atoms with Gasteiger partial charge in [0.25, 0.3) is 12.4 Å². The van der Waals surface area contributed by atoms with Crippen LogP contribution < -0.4 is 16.0 Å². The number of furan rings is 1. The highest BCUT2D eigenvalue weighted by molar-refractivity contribution is 5.93. The quantitative estimate of drug-likeness (QED) is 0.697. The summed E-state index contributed by atoms with van der Waals surface area (Å²) >= 11 is 0. The second-order valence-corrected chi connectivity index (χ2v) is 5.55. The largest absolute Gasteiger partial charge is 0.483 e. The smallest absolute Gasteiger partial charge is 0.290 e. The van der Waals surface area contributed by atoms with E-state index in [0.29, 0.717) is 18.0 Å². The number of rotatable bonds is 4. The molecule has 2 aromatic rings. The summed E-state index contributed by atoms with van der Waals surface area (Å²) in [6.45, 7) is 2.19. The Hall–Kier alpha value is -3.10. The number of hydrogen-bond donors (Lipinski definition) is 3. The molecule has 0 saturated carbocycles. The highest BCUT2D eigenvalue weighted by Gasteiger charge is 2.22. The van der Waals surface area contributed by atoms with E-state index in [4.69, 9.17) is 20.1 Å². The molecule has 9 nitrogen and oxygen atoms in total. The molecule has 25 heavy (non-hydrogen) atoms. The standard InChI is InChI=1S/C15H19N5O2.CH2O2/c16-15-17-5-3-13(19-15)20-6-1-2-11(9-20)8-18-14(21)12-4-7-22-10-12;2-1-3/h3-5,7,10-11H,1-2,6,8-9H2,(H,18,21)(H2,16,17,19);1H,(H,2,3). The Bertz CT molecular complexity index is 677. The van der Waals surface area contributed by atoms with Crippen molar-refractivity contribution in [2.24, 2.45) is 5.92 Å². The Morgan fingerprint density at radius 2 is 2.32 bits per heavy atom. The van der Waals surface area contributed by atoms with Crippen molar-refractivity contribution in [1.29, 1.82) is 0 Å². The minimum atomic E-state index is -0.250. The first-order valence-corrected chi connectivity index (χ1v) is 7.85. The first-order valence-electron chi connectivity index (χ1n) is 7.85. The molecule has 1 saturated heterocycles. The van der Waals surface area contributed by atoms with Gasteiger partial charge in [-0.1, -0.05) is 0 Å². The van der Waals surface area contributed by atoms with Gasteiger partial charge in [0.1, 0.15) is 12.1 Å². The van der Waals surface area contributed by atoms with Crippen LogP contribution in [-0.4, -0.2) is 47.1 Å². The van der Waals surface area contributed by atoms with Crippen LogP contribution in [0.2, 0.25) is 0 Å². The van der Waals surface area contributed by atoms with Gasteiger partial charge in [0.15, 0.2) is 0 Å². The van der Waals surface area contributed by atoms with Crippen molar-refractivity contribution in [1.82, 2.24) is 15.3 Å². The molecular weight excluding hydrogens is 326 g/mol. The van der Waals surface area contributed by atoms with Crippen molar-refractivity contribution >= 4 is 24.1 Å². The highest BCUT2D eigenvalue weighted by atomic mass is 16.3. The molecule has 1 aliphatic rings. The van der Waals surface area contributed by atoms with Gasteiger partial charge in [0.2, 0.25) is 5.95 Å². The monoisotopic (exact) mass is 347 g/mol. The van der Waals surface area contributed by atoms with Gasteiger partial charge in [-0.3, -0.25) is 9.59 Å². The lowest BCUT2D eigenvalue weighted by Crippen LogP contribution is -2.41. The summed E-state index contributed by atoms with van der Waals surface area (Å²) in [5, 5.41) is 9.84. The molecule has 1 aliphatic heterocycles. The molecule has 3 heterocycles. The van der Waals surface area contributed by atoms with Crippen LogP contribution in [0.4, 0.5) is 11.8 Å². The minimum absolute atomic E-state index is 0.0999. The highest BCUT2D eigenvalue weighted by Crippen LogP contribution is 2.21. The Labute approximate surface area is 144 Å². The Morgan fingerprint density at radius 3 is 3.00 bits per heavy atom. The average Bonchev–Trinajstić information content (AvgIpc) is 3.15. The molecule has 0 bridgehead atoms. The zero-order chi connectivity index (χ0) is 18.1. The van der Waals surface area contributed by atoms with E-state index in [1.165, 1.54) is 12.5 Å². The van der Waals surface area contributed by atoms with Crippen LogP contribution in [0.1, 0.15) is 23.2 Å². The van der Waals surface area contributed by atoms with Gasteiger partial charge in [-0.2, -0.15) is 4.98 Å². The predicted octanol–water partition coefficient (Wildman–Crippen LogP) is 0.999. The zero-order valence-corrected chi connectivity index (χ0v) is 13.7. The van der Waals surface area contributed by atoms with Crippen LogP contribution in [0.3, 0.4) is 0 Å². The van der Waals surface area contributed by atoms with E-state index in [1.807, 2.05) is 6.07 Å². The maximum Gasteiger partial charge on any atom is 0.290 e. The van der Waals surface area contributed by atoms with Crippen LogP contribution >= 0.6 is 0 Å². The van der Waals surface area contributed by atoms with Crippen molar-refractivity contribution in [2.45, 2.75) is 12.8 Å². The third-order valence-corrected chi connectivity index (χ3v) is 3.84. The van der Waals surface area contributed by atoms with Gasteiger partial charge in [-0.15, -0.1) is 0 Å². The second kappa shape index (κ2) is 9.26. The molecule has 0 spiro atoms. The number of amides is 1. The summed E-state index contributed by atoms with van der Waals surface area (Å²) in [4.78, 5) is 30.7. The number of anilines is 2. The number of carboxylic acid groups (broad SMARTS) is 1. The van der Waals surface area contributed by atoms with Gasteiger partial charge >= 0.3 is 0 Å². The number of carbonyl (C=O) groups is 2. The lowest BCUT2D eigenvalue weighted by Gasteiger charge is -2.33. The SMILES string of the molecule is Nc1nccc(N2CCCC(CNC(=O)c3ccoc3)C2)n1.O=CO. The maximum atomic E-state index is 11.9. The van der Waals surface area contributed by atoms with Crippen LogP contribution in [-0.2, 0) is 4.79 Å². The van der Waals surface area contributed by atoms with Crippen molar-refractivity contribution in [2.75, 3.05) is 30.3 Å². The Kier molecular flexibility index (Phi) is 6.76. The number of nitrogens with one attached hydrogen (secondary N) is 1. The molecular formula is C16H21N5O4. The number of carbonyl (C=O) groups excluding carboxylic acids is 1. The molecule has 0 radical (unpaired) electrons. The average molecular weight is 347 g/mol. The summed E-state index contributed by atoms with van der Waals surface area (Å²) < 4.78 is 4.92. The number of aromatic nitrogens is 2. The van der Waals surface area contributed by atoms with E-state index in [0.717, 1.165) is 31.7 Å². The topological polar surface area (TPSA) is 135 Å². The van der Waals surface area contributed by atoms with E-state index in [2.05, 4.69) is 20.2 Å². The molecule has 1 fully saturated rings. The fraction of sp³-hybridized carbons (Fsp3) is 0.375. The normalized spacial score (nSPS) is 16.5. The third-order valence-electron chi connectivity index (χ3n) is 3.84. The van der Waals surface area contributed by atoms with Crippen LogP contribution in [0, 0.1) is 5.92 Å². The molecule has 134 valence electrons. The predicted molar refractivity (Wildman–Crippen MR) is 91.1 cm³/mol. The summed E-state index contributed by atoms with van der Waals surface area (Å²) in [5.41, 5.74) is 6.19. The first-order chi connectivity index (χ1) is 12.1. The molecule has 4 N–H and O–H groups in total. The van der Waals surface area contributed by atoms with Gasteiger partial charge < -0.3 is 25.5 Å². The fourth-order valence-electron chi connectivity index (χ4n) is 2.71. The number of nitrogen functional groups attached to an aromatic ring is 1.